The molecule has 0 saturated carbocycles. The molecule has 1 aliphatic heterocycles. The molecule has 10 heteroatoms. The lowest BCUT2D eigenvalue weighted by Crippen LogP contribution is -2.46. The summed E-state index contributed by atoms with van der Waals surface area (Å²) in [6.07, 6.45) is 0. The molecule has 3 heterocycles. The molecule has 3 aromatic rings. The average Bonchev–Trinajstić information content (AvgIpc) is 3.06. The van der Waals surface area contributed by atoms with E-state index in [0.717, 1.165) is 55.0 Å². The number of carbonyl (C=O) groups excluding carboxylic acids is 1. The normalized spacial score (nSPS) is 14.6. The van der Waals surface area contributed by atoms with Gasteiger partial charge in [0.2, 0.25) is 5.91 Å². The molecule has 1 fully saturated rings. The van der Waals surface area contributed by atoms with Crippen LogP contribution in [0.15, 0.2) is 24.3 Å². The second-order valence-corrected chi connectivity index (χ2v) is 8.43. The van der Waals surface area contributed by atoms with E-state index < -0.39 is 4.92 Å². The van der Waals surface area contributed by atoms with E-state index in [1.54, 1.807) is 13.8 Å². The number of amides is 1. The molecule has 2 aromatic heterocycles. The van der Waals surface area contributed by atoms with Crippen molar-refractivity contribution in [2.75, 3.05) is 42.9 Å². The van der Waals surface area contributed by atoms with E-state index in [2.05, 4.69) is 40.1 Å². The molecule has 174 valence electrons. The number of fused-ring (bicyclic) bond motifs is 1. The molecule has 4 rings (SSSR count). The van der Waals surface area contributed by atoms with Crippen LogP contribution in [0.5, 0.6) is 0 Å². The van der Waals surface area contributed by atoms with Gasteiger partial charge in [-0.3, -0.25) is 19.6 Å². The number of pyridine rings is 1. The van der Waals surface area contributed by atoms with E-state index in [1.165, 1.54) is 4.68 Å². The second kappa shape index (κ2) is 9.14. The lowest BCUT2D eigenvalue weighted by molar-refractivity contribution is -0.386. The van der Waals surface area contributed by atoms with Crippen LogP contribution in [0.3, 0.4) is 0 Å². The van der Waals surface area contributed by atoms with Crippen molar-refractivity contribution in [3.8, 4) is 0 Å². The van der Waals surface area contributed by atoms with Gasteiger partial charge in [-0.15, -0.1) is 0 Å². The smallest absolute Gasteiger partial charge is 0.312 e. The van der Waals surface area contributed by atoms with Gasteiger partial charge in [-0.05, 0) is 57.1 Å². The Morgan fingerprint density at radius 2 is 1.88 bits per heavy atom. The van der Waals surface area contributed by atoms with Gasteiger partial charge in [0.05, 0.1) is 10.4 Å². The van der Waals surface area contributed by atoms with Crippen LogP contribution in [0.2, 0.25) is 0 Å². The van der Waals surface area contributed by atoms with E-state index in [-0.39, 0.29) is 18.1 Å². The molecule has 1 amide bonds. The number of hydrogen-bond donors (Lipinski definition) is 1. The number of carbonyl (C=O) groups is 1. The first-order valence-electron chi connectivity index (χ1n) is 11.1. The number of anilines is 2. The molecule has 10 nitrogen and oxygen atoms in total. The molecule has 0 bridgehead atoms. The minimum Gasteiger partial charge on any atom is -0.354 e. The second-order valence-electron chi connectivity index (χ2n) is 8.43. The van der Waals surface area contributed by atoms with Crippen LogP contribution in [0.4, 0.5) is 17.2 Å². The maximum atomic E-state index is 12.6. The average molecular weight is 452 g/mol. The molecule has 0 radical (unpaired) electrons. The van der Waals surface area contributed by atoms with Crippen molar-refractivity contribution in [2.45, 2.75) is 34.2 Å². The number of hydrogen-bond acceptors (Lipinski definition) is 7. The number of aromatic nitrogens is 3. The van der Waals surface area contributed by atoms with Gasteiger partial charge in [-0.1, -0.05) is 6.92 Å². The van der Waals surface area contributed by atoms with Gasteiger partial charge in [-0.2, -0.15) is 5.10 Å². The molecule has 33 heavy (non-hydrogen) atoms. The van der Waals surface area contributed by atoms with Gasteiger partial charge < -0.3 is 15.1 Å². The Balaban J connectivity index is 1.49. The predicted molar refractivity (Wildman–Crippen MR) is 128 cm³/mol. The van der Waals surface area contributed by atoms with Gasteiger partial charge in [0, 0.05) is 37.3 Å². The van der Waals surface area contributed by atoms with E-state index >= 15 is 0 Å². The number of piperazine rings is 1. The zero-order valence-corrected chi connectivity index (χ0v) is 19.5. The summed E-state index contributed by atoms with van der Waals surface area (Å²) in [6, 6.07) is 7.76. The number of nitrogens with zero attached hydrogens (tertiary/aromatic N) is 6. The fraction of sp³-hybridized carbons (Fsp3) is 0.435. The quantitative estimate of drug-likeness (QED) is 0.453. The number of rotatable bonds is 6. The number of aryl methyl sites for hydroxylation is 2. The molecule has 0 spiro atoms. The molecular formula is C23H29N7O3. The maximum absolute atomic E-state index is 12.6. The zero-order valence-electron chi connectivity index (χ0n) is 19.5. The highest BCUT2D eigenvalue weighted by molar-refractivity contribution is 5.94. The molecule has 1 saturated heterocycles. The SMILES string of the molecule is CCN1CCN(c2cc(C)c3cc(NC(=O)Cn4nc(C)c([N+](=O)[O-])c4C)ccc3n2)CC1. The van der Waals surface area contributed by atoms with E-state index in [4.69, 9.17) is 4.98 Å². The van der Waals surface area contributed by atoms with Crippen LogP contribution in [-0.2, 0) is 11.3 Å². The van der Waals surface area contributed by atoms with Crippen molar-refractivity contribution in [1.29, 1.82) is 0 Å². The Morgan fingerprint density at radius 1 is 1.15 bits per heavy atom. The van der Waals surface area contributed by atoms with Crippen LogP contribution >= 0.6 is 0 Å². The first-order chi connectivity index (χ1) is 15.8. The Kier molecular flexibility index (Phi) is 6.28. The van der Waals surface area contributed by atoms with Crippen LogP contribution in [0.1, 0.15) is 23.9 Å². The summed E-state index contributed by atoms with van der Waals surface area (Å²) in [5.41, 5.74) is 3.23. The predicted octanol–water partition coefficient (Wildman–Crippen LogP) is 3.05. The van der Waals surface area contributed by atoms with Crippen LogP contribution < -0.4 is 10.2 Å². The number of likely N-dealkylation sites (N-methyl/N-ethyl adjacent to an activating group) is 1. The van der Waals surface area contributed by atoms with Crippen LogP contribution in [-0.4, -0.2) is 63.2 Å². The lowest BCUT2D eigenvalue weighted by Gasteiger charge is -2.35. The Bertz CT molecular complexity index is 1210. The highest BCUT2D eigenvalue weighted by Gasteiger charge is 2.23. The molecule has 1 aliphatic rings. The van der Waals surface area contributed by atoms with Crippen molar-refractivity contribution in [3.63, 3.8) is 0 Å². The van der Waals surface area contributed by atoms with Crippen LogP contribution in [0, 0.1) is 30.9 Å². The minimum atomic E-state index is -0.469. The highest BCUT2D eigenvalue weighted by atomic mass is 16.6. The van der Waals surface area contributed by atoms with Crippen molar-refractivity contribution in [3.05, 3.63) is 51.3 Å². The largest absolute Gasteiger partial charge is 0.354 e. The van der Waals surface area contributed by atoms with E-state index in [9.17, 15) is 14.9 Å². The third-order valence-electron chi connectivity index (χ3n) is 6.25. The van der Waals surface area contributed by atoms with Crippen molar-refractivity contribution in [2.24, 2.45) is 0 Å². The summed E-state index contributed by atoms with van der Waals surface area (Å²) in [5.74, 6) is 0.685. The first kappa shape index (κ1) is 22.7. The minimum absolute atomic E-state index is 0.0536. The van der Waals surface area contributed by atoms with E-state index in [0.29, 0.717) is 17.1 Å². The lowest BCUT2D eigenvalue weighted by atomic mass is 10.1. The number of benzene rings is 1. The van der Waals surface area contributed by atoms with E-state index in [1.807, 2.05) is 18.2 Å². The zero-order chi connectivity index (χ0) is 23.7. The maximum Gasteiger partial charge on any atom is 0.312 e. The Hall–Kier alpha value is -3.53. The monoisotopic (exact) mass is 451 g/mol. The van der Waals surface area contributed by atoms with Gasteiger partial charge in [0.1, 0.15) is 23.8 Å². The molecule has 0 atom stereocenters. The Labute approximate surface area is 192 Å². The van der Waals surface area contributed by atoms with Gasteiger partial charge in [0.25, 0.3) is 0 Å². The van der Waals surface area contributed by atoms with Gasteiger partial charge in [-0.25, -0.2) is 4.98 Å². The fourth-order valence-electron chi connectivity index (χ4n) is 4.35. The third kappa shape index (κ3) is 4.65. The van der Waals surface area contributed by atoms with Crippen molar-refractivity contribution >= 4 is 34.0 Å². The summed E-state index contributed by atoms with van der Waals surface area (Å²) in [7, 11) is 0. The molecular weight excluding hydrogens is 422 g/mol. The number of nitro groups is 1. The molecule has 0 aliphatic carbocycles. The highest BCUT2D eigenvalue weighted by Crippen LogP contribution is 2.26. The molecule has 0 unspecified atom stereocenters. The number of nitrogens with one attached hydrogen (secondary N) is 1. The summed E-state index contributed by atoms with van der Waals surface area (Å²) >= 11 is 0. The summed E-state index contributed by atoms with van der Waals surface area (Å²) in [4.78, 5) is 32.9. The van der Waals surface area contributed by atoms with Gasteiger partial charge in [0.15, 0.2) is 0 Å². The first-order valence-corrected chi connectivity index (χ1v) is 11.1. The summed E-state index contributed by atoms with van der Waals surface area (Å²) in [6.45, 7) is 12.4. The van der Waals surface area contributed by atoms with Crippen molar-refractivity contribution < 1.29 is 9.72 Å². The third-order valence-corrected chi connectivity index (χ3v) is 6.25. The summed E-state index contributed by atoms with van der Waals surface area (Å²) in [5, 5.41) is 19.2. The standard InChI is InChI=1S/C23H29N7O3/c1-5-27-8-10-28(11-9-27)21-12-15(2)19-13-18(6-7-20(19)25-21)24-22(31)14-29-17(4)23(30(32)33)16(3)26-29/h6-7,12-13H,5,8-11,14H2,1-4H3,(H,24,31). The fourth-order valence-corrected chi connectivity index (χ4v) is 4.35. The molecule has 1 aromatic carbocycles. The summed E-state index contributed by atoms with van der Waals surface area (Å²) < 4.78 is 1.36. The molecule has 1 N–H and O–H groups in total. The van der Waals surface area contributed by atoms with Crippen LogP contribution in [0.25, 0.3) is 10.9 Å². The van der Waals surface area contributed by atoms with Crippen molar-refractivity contribution in [1.82, 2.24) is 19.7 Å². The van der Waals surface area contributed by atoms with Gasteiger partial charge >= 0.3 is 5.69 Å². The topological polar surface area (TPSA) is 109 Å². The Morgan fingerprint density at radius 3 is 2.52 bits per heavy atom.